The molecule has 0 spiro atoms. The van der Waals surface area contributed by atoms with Gasteiger partial charge in [0.2, 0.25) is 0 Å². The van der Waals surface area contributed by atoms with Crippen molar-refractivity contribution < 1.29 is 23.5 Å². The van der Waals surface area contributed by atoms with E-state index in [9.17, 15) is 9.59 Å². The minimum absolute atomic E-state index is 0.229. The number of nitrogens with zero attached hydrogens (tertiary/aromatic N) is 2. The average molecular weight is 480 g/mol. The largest absolute Gasteiger partial charge is 0.469 e. The van der Waals surface area contributed by atoms with Crippen LogP contribution in [0.25, 0.3) is 11.3 Å². The van der Waals surface area contributed by atoms with E-state index in [1.807, 2.05) is 41.3 Å². The molecule has 2 aromatic heterocycles. The maximum atomic E-state index is 11.9. The highest BCUT2D eigenvalue weighted by Gasteiger charge is 2.41. The molecular formula is C25H25N3O5S. The van der Waals surface area contributed by atoms with Gasteiger partial charge in [0, 0.05) is 24.7 Å². The van der Waals surface area contributed by atoms with Crippen LogP contribution in [0.2, 0.25) is 0 Å². The van der Waals surface area contributed by atoms with E-state index >= 15 is 0 Å². The van der Waals surface area contributed by atoms with E-state index in [4.69, 9.17) is 26.1 Å². The van der Waals surface area contributed by atoms with Crippen LogP contribution >= 0.6 is 12.2 Å². The first kappa shape index (κ1) is 23.4. The SMILES string of the molecule is COC(=O)CCCN1C(=S)NC(c2ccccn2)C1c1ccc(-c2cccc(C(=O)OC)c2)o1. The molecule has 3 heterocycles. The summed E-state index contributed by atoms with van der Waals surface area (Å²) in [4.78, 5) is 30.1. The van der Waals surface area contributed by atoms with E-state index in [1.165, 1.54) is 14.2 Å². The molecule has 1 aromatic carbocycles. The maximum absolute atomic E-state index is 11.9. The minimum Gasteiger partial charge on any atom is -0.469 e. The van der Waals surface area contributed by atoms with Gasteiger partial charge in [-0.25, -0.2) is 4.79 Å². The van der Waals surface area contributed by atoms with E-state index in [0.29, 0.717) is 41.6 Å². The molecule has 1 saturated heterocycles. The predicted molar refractivity (Wildman–Crippen MR) is 129 cm³/mol. The highest BCUT2D eigenvalue weighted by molar-refractivity contribution is 7.80. The Hall–Kier alpha value is -3.72. The van der Waals surface area contributed by atoms with Crippen molar-refractivity contribution in [3.05, 3.63) is 77.8 Å². The molecule has 0 aliphatic carbocycles. The highest BCUT2D eigenvalue weighted by atomic mass is 32.1. The normalized spacial score (nSPS) is 17.4. The molecular weight excluding hydrogens is 454 g/mol. The number of hydrogen-bond donors (Lipinski definition) is 1. The van der Waals surface area contributed by atoms with Crippen LogP contribution in [0.5, 0.6) is 0 Å². The summed E-state index contributed by atoms with van der Waals surface area (Å²) < 4.78 is 15.9. The molecule has 0 bridgehead atoms. The zero-order valence-corrected chi connectivity index (χ0v) is 19.7. The molecule has 34 heavy (non-hydrogen) atoms. The third kappa shape index (κ3) is 4.94. The lowest BCUT2D eigenvalue weighted by Gasteiger charge is -2.25. The third-order valence-electron chi connectivity index (χ3n) is 5.69. The Morgan fingerprint density at radius 3 is 2.71 bits per heavy atom. The van der Waals surface area contributed by atoms with Gasteiger partial charge in [0.15, 0.2) is 5.11 Å². The fraction of sp³-hybridized carbons (Fsp3) is 0.280. The van der Waals surface area contributed by atoms with Crippen molar-refractivity contribution >= 4 is 29.3 Å². The number of thiocarbonyl (C=S) groups is 1. The summed E-state index contributed by atoms with van der Waals surface area (Å²) in [6, 6.07) is 16.1. The second kappa shape index (κ2) is 10.5. The van der Waals surface area contributed by atoms with Crippen LogP contribution in [0.1, 0.15) is 46.7 Å². The number of furan rings is 1. The van der Waals surface area contributed by atoms with Crippen molar-refractivity contribution in [2.24, 2.45) is 0 Å². The monoisotopic (exact) mass is 479 g/mol. The number of carbonyl (C=O) groups excluding carboxylic acids is 2. The summed E-state index contributed by atoms with van der Waals surface area (Å²) in [5.74, 6) is 0.639. The molecule has 1 aliphatic heterocycles. The van der Waals surface area contributed by atoms with Gasteiger partial charge >= 0.3 is 11.9 Å². The van der Waals surface area contributed by atoms with Crippen LogP contribution < -0.4 is 5.32 Å². The van der Waals surface area contributed by atoms with E-state index in [-0.39, 0.29) is 18.1 Å². The van der Waals surface area contributed by atoms with E-state index < -0.39 is 5.97 Å². The van der Waals surface area contributed by atoms with Gasteiger partial charge in [-0.05, 0) is 55.0 Å². The van der Waals surface area contributed by atoms with Crippen molar-refractivity contribution in [1.82, 2.24) is 15.2 Å². The van der Waals surface area contributed by atoms with Crippen LogP contribution in [0.4, 0.5) is 0 Å². The summed E-state index contributed by atoms with van der Waals surface area (Å²) in [5.41, 5.74) is 2.03. The zero-order valence-electron chi connectivity index (χ0n) is 18.9. The van der Waals surface area contributed by atoms with Crippen molar-refractivity contribution in [3.63, 3.8) is 0 Å². The molecule has 1 fully saturated rings. The number of benzene rings is 1. The Bertz CT molecular complexity index is 1180. The average Bonchev–Trinajstić information content (AvgIpc) is 3.49. The second-order valence-corrected chi connectivity index (χ2v) is 8.16. The molecule has 176 valence electrons. The summed E-state index contributed by atoms with van der Waals surface area (Å²) in [5, 5.41) is 3.93. The zero-order chi connectivity index (χ0) is 24.1. The van der Waals surface area contributed by atoms with Crippen molar-refractivity contribution in [3.8, 4) is 11.3 Å². The van der Waals surface area contributed by atoms with Gasteiger partial charge in [-0.15, -0.1) is 0 Å². The molecule has 2 unspecified atom stereocenters. The number of rotatable bonds is 8. The Morgan fingerprint density at radius 2 is 1.97 bits per heavy atom. The molecule has 3 aromatic rings. The Kier molecular flexibility index (Phi) is 7.22. The molecule has 0 radical (unpaired) electrons. The molecule has 8 nitrogen and oxygen atoms in total. The summed E-state index contributed by atoms with van der Waals surface area (Å²) >= 11 is 5.64. The van der Waals surface area contributed by atoms with Crippen molar-refractivity contribution in [1.29, 1.82) is 0 Å². The quantitative estimate of drug-likeness (QED) is 0.379. The number of ether oxygens (including phenoxy) is 2. The first-order valence-corrected chi connectivity index (χ1v) is 11.3. The first-order valence-electron chi connectivity index (χ1n) is 10.8. The molecule has 1 N–H and O–H groups in total. The van der Waals surface area contributed by atoms with Crippen LogP contribution in [0, 0.1) is 0 Å². The van der Waals surface area contributed by atoms with Gasteiger partial charge in [0.1, 0.15) is 17.6 Å². The first-order chi connectivity index (χ1) is 16.5. The molecule has 1 aliphatic rings. The second-order valence-electron chi connectivity index (χ2n) is 7.77. The lowest BCUT2D eigenvalue weighted by molar-refractivity contribution is -0.140. The summed E-state index contributed by atoms with van der Waals surface area (Å²) in [7, 11) is 2.73. The van der Waals surface area contributed by atoms with Gasteiger partial charge in [-0.2, -0.15) is 0 Å². The van der Waals surface area contributed by atoms with Crippen molar-refractivity contribution in [2.45, 2.75) is 24.9 Å². The van der Waals surface area contributed by atoms with Gasteiger partial charge in [0.05, 0.1) is 31.5 Å². The smallest absolute Gasteiger partial charge is 0.337 e. The Morgan fingerprint density at radius 1 is 1.12 bits per heavy atom. The molecule has 9 heteroatoms. The predicted octanol–water partition coefficient (Wildman–Crippen LogP) is 4.05. The van der Waals surface area contributed by atoms with Crippen LogP contribution in [0.15, 0.2) is 65.2 Å². The van der Waals surface area contributed by atoms with Crippen LogP contribution in [-0.4, -0.2) is 47.7 Å². The summed E-state index contributed by atoms with van der Waals surface area (Å²) in [6.07, 6.45) is 2.61. The lowest BCUT2D eigenvalue weighted by Crippen LogP contribution is -2.30. The number of aromatic nitrogens is 1. The number of hydrogen-bond acceptors (Lipinski definition) is 7. The molecule has 2 atom stereocenters. The standard InChI is InChI=1S/C25H25N3O5S/c1-31-21(29)10-6-14-28-23(22(27-25(28)34)18-9-3-4-13-26-18)20-12-11-19(33-20)16-7-5-8-17(15-16)24(30)32-2/h3-5,7-9,11-13,15,22-23H,6,10,14H2,1-2H3,(H,27,34). The fourth-order valence-corrected chi connectivity index (χ4v) is 4.37. The number of nitrogens with one attached hydrogen (secondary N) is 1. The van der Waals surface area contributed by atoms with E-state index in [2.05, 4.69) is 10.3 Å². The Balaban J connectivity index is 1.65. The minimum atomic E-state index is -0.411. The number of carbonyl (C=O) groups is 2. The maximum Gasteiger partial charge on any atom is 0.337 e. The number of pyridine rings is 1. The van der Waals surface area contributed by atoms with Crippen LogP contribution in [0.3, 0.4) is 0 Å². The fourth-order valence-electron chi connectivity index (χ4n) is 4.04. The van der Waals surface area contributed by atoms with Crippen molar-refractivity contribution in [2.75, 3.05) is 20.8 Å². The Labute approximate surface area is 202 Å². The summed E-state index contributed by atoms with van der Waals surface area (Å²) in [6.45, 7) is 0.544. The molecule has 0 saturated carbocycles. The molecule has 0 amide bonds. The number of esters is 2. The van der Waals surface area contributed by atoms with E-state index in [1.54, 1.807) is 24.4 Å². The molecule has 4 rings (SSSR count). The topological polar surface area (TPSA) is 93.9 Å². The van der Waals surface area contributed by atoms with Gasteiger partial charge in [0.25, 0.3) is 0 Å². The van der Waals surface area contributed by atoms with Crippen LogP contribution in [-0.2, 0) is 14.3 Å². The van der Waals surface area contributed by atoms with Gasteiger partial charge < -0.3 is 24.1 Å². The van der Waals surface area contributed by atoms with Gasteiger partial charge in [-0.3, -0.25) is 9.78 Å². The lowest BCUT2D eigenvalue weighted by atomic mass is 10.0. The van der Waals surface area contributed by atoms with Gasteiger partial charge in [-0.1, -0.05) is 18.2 Å². The third-order valence-corrected chi connectivity index (χ3v) is 6.04. The highest BCUT2D eigenvalue weighted by Crippen LogP contribution is 2.40. The number of methoxy groups -OCH3 is 2. The van der Waals surface area contributed by atoms with E-state index in [0.717, 1.165) is 11.3 Å².